The lowest BCUT2D eigenvalue weighted by Crippen LogP contribution is -2.40. The molecule has 1 aliphatic carbocycles. The largest absolute Gasteiger partial charge is 0.402 e. The minimum Gasteiger partial charge on any atom is -0.207 e. The zero-order chi connectivity index (χ0) is 15.8. The summed E-state index contributed by atoms with van der Waals surface area (Å²) in [4.78, 5) is -0.735. The number of nitrogens with zero attached hydrogens (tertiary/aromatic N) is 2. The molecule has 1 aromatic rings. The standard InChI is InChI=1S/C12H10F4N2O2S/c13-10-2-1-3-11(9(10)6-17)21(19,20)18(8-4-5-8)7-12(14,15)16/h1-3,8H,4-5,7H2. The van der Waals surface area contributed by atoms with Gasteiger partial charge in [0.2, 0.25) is 10.0 Å². The molecule has 0 saturated heterocycles. The lowest BCUT2D eigenvalue weighted by molar-refractivity contribution is -0.137. The van der Waals surface area contributed by atoms with Crippen molar-refractivity contribution in [2.75, 3.05) is 6.54 Å². The van der Waals surface area contributed by atoms with Gasteiger partial charge in [-0.2, -0.15) is 22.7 Å². The van der Waals surface area contributed by atoms with E-state index in [2.05, 4.69) is 0 Å². The maximum Gasteiger partial charge on any atom is 0.402 e. The summed E-state index contributed by atoms with van der Waals surface area (Å²) in [6.45, 7) is -1.65. The number of hydrogen-bond donors (Lipinski definition) is 0. The molecule has 0 spiro atoms. The fourth-order valence-corrected chi connectivity index (χ4v) is 3.73. The molecule has 1 aromatic carbocycles. The van der Waals surface area contributed by atoms with E-state index in [0.717, 1.165) is 18.2 Å². The Morgan fingerprint density at radius 2 is 1.95 bits per heavy atom. The summed E-state index contributed by atoms with van der Waals surface area (Å²) in [5.41, 5.74) is -0.773. The Bertz CT molecular complexity index is 690. The maximum absolute atomic E-state index is 13.5. The molecule has 1 fully saturated rings. The van der Waals surface area contributed by atoms with Crippen molar-refractivity contribution in [2.24, 2.45) is 0 Å². The number of nitriles is 1. The van der Waals surface area contributed by atoms with Crippen molar-refractivity contribution >= 4 is 10.0 Å². The van der Waals surface area contributed by atoms with Gasteiger partial charge >= 0.3 is 6.18 Å². The molecule has 0 unspecified atom stereocenters. The van der Waals surface area contributed by atoms with Crippen LogP contribution >= 0.6 is 0 Å². The van der Waals surface area contributed by atoms with Gasteiger partial charge in [0.15, 0.2) is 0 Å². The Kier molecular flexibility index (Phi) is 3.95. The van der Waals surface area contributed by atoms with Gasteiger partial charge < -0.3 is 0 Å². The van der Waals surface area contributed by atoms with E-state index in [-0.39, 0.29) is 0 Å². The van der Waals surface area contributed by atoms with Crippen molar-refractivity contribution in [3.63, 3.8) is 0 Å². The van der Waals surface area contributed by atoms with Crippen LogP contribution in [0.4, 0.5) is 17.6 Å². The molecule has 1 saturated carbocycles. The molecular weight excluding hydrogens is 312 g/mol. The van der Waals surface area contributed by atoms with Gasteiger partial charge in [0, 0.05) is 6.04 Å². The van der Waals surface area contributed by atoms with Gasteiger partial charge in [0.25, 0.3) is 0 Å². The third-order valence-corrected chi connectivity index (χ3v) is 4.90. The van der Waals surface area contributed by atoms with Gasteiger partial charge in [0.1, 0.15) is 28.9 Å². The summed E-state index contributed by atoms with van der Waals surface area (Å²) in [6.07, 6.45) is -4.09. The highest BCUT2D eigenvalue weighted by molar-refractivity contribution is 7.89. The molecule has 4 nitrogen and oxygen atoms in total. The predicted molar refractivity (Wildman–Crippen MR) is 64.1 cm³/mol. The third kappa shape index (κ3) is 3.33. The van der Waals surface area contributed by atoms with Gasteiger partial charge in [-0.3, -0.25) is 0 Å². The third-order valence-electron chi connectivity index (χ3n) is 2.96. The van der Waals surface area contributed by atoms with Crippen LogP contribution in [-0.4, -0.2) is 31.5 Å². The highest BCUT2D eigenvalue weighted by Gasteiger charge is 2.45. The first-order chi connectivity index (χ1) is 9.66. The Morgan fingerprint density at radius 1 is 1.33 bits per heavy atom. The van der Waals surface area contributed by atoms with Crippen LogP contribution in [0.2, 0.25) is 0 Å². The molecule has 0 aliphatic heterocycles. The van der Waals surface area contributed by atoms with Crippen LogP contribution in [-0.2, 0) is 10.0 Å². The van der Waals surface area contributed by atoms with E-state index >= 15 is 0 Å². The Balaban J connectivity index is 2.50. The molecule has 0 aromatic heterocycles. The average molecular weight is 322 g/mol. The van der Waals surface area contributed by atoms with Crippen molar-refractivity contribution in [2.45, 2.75) is 30.0 Å². The van der Waals surface area contributed by atoms with E-state index in [4.69, 9.17) is 5.26 Å². The summed E-state index contributed by atoms with van der Waals surface area (Å²) < 4.78 is 76.1. The van der Waals surface area contributed by atoms with E-state index in [1.807, 2.05) is 0 Å². The first kappa shape index (κ1) is 15.7. The number of benzene rings is 1. The second-order valence-corrected chi connectivity index (χ2v) is 6.48. The number of halogens is 4. The van der Waals surface area contributed by atoms with E-state index in [1.54, 1.807) is 0 Å². The van der Waals surface area contributed by atoms with E-state index in [1.165, 1.54) is 6.07 Å². The van der Waals surface area contributed by atoms with Crippen molar-refractivity contribution in [3.05, 3.63) is 29.6 Å². The van der Waals surface area contributed by atoms with Crippen molar-refractivity contribution in [1.29, 1.82) is 5.26 Å². The van der Waals surface area contributed by atoms with Crippen LogP contribution in [0.25, 0.3) is 0 Å². The Hall–Kier alpha value is -1.66. The molecule has 0 atom stereocenters. The minimum atomic E-state index is -4.71. The second-order valence-electron chi connectivity index (χ2n) is 4.62. The second kappa shape index (κ2) is 5.27. The summed E-state index contributed by atoms with van der Waals surface area (Å²) in [7, 11) is -4.59. The van der Waals surface area contributed by atoms with Crippen LogP contribution in [0.15, 0.2) is 23.1 Å². The molecule has 9 heteroatoms. The zero-order valence-corrected chi connectivity index (χ0v) is 11.4. The minimum absolute atomic E-state index is 0.294. The first-order valence-electron chi connectivity index (χ1n) is 5.94. The first-order valence-corrected chi connectivity index (χ1v) is 7.38. The van der Waals surface area contributed by atoms with Gasteiger partial charge in [-0.15, -0.1) is 0 Å². The lowest BCUT2D eigenvalue weighted by atomic mass is 10.2. The normalized spacial score (nSPS) is 16.0. The van der Waals surface area contributed by atoms with Gasteiger partial charge in [-0.25, -0.2) is 12.8 Å². The molecule has 0 radical (unpaired) electrons. The summed E-state index contributed by atoms with van der Waals surface area (Å²) in [5, 5.41) is 8.84. The van der Waals surface area contributed by atoms with E-state index < -0.39 is 45.1 Å². The molecule has 114 valence electrons. The molecule has 0 bridgehead atoms. The van der Waals surface area contributed by atoms with Crippen LogP contribution in [0.5, 0.6) is 0 Å². The molecule has 21 heavy (non-hydrogen) atoms. The fraction of sp³-hybridized carbons (Fsp3) is 0.417. The highest BCUT2D eigenvalue weighted by atomic mass is 32.2. The quantitative estimate of drug-likeness (QED) is 0.800. The van der Waals surface area contributed by atoms with Gasteiger partial charge in [-0.1, -0.05) is 6.07 Å². The van der Waals surface area contributed by atoms with Crippen molar-refractivity contribution in [3.8, 4) is 6.07 Å². The van der Waals surface area contributed by atoms with Gasteiger partial charge in [-0.05, 0) is 25.0 Å². The van der Waals surface area contributed by atoms with Crippen molar-refractivity contribution < 1.29 is 26.0 Å². The van der Waals surface area contributed by atoms with Crippen molar-refractivity contribution in [1.82, 2.24) is 4.31 Å². The SMILES string of the molecule is N#Cc1c(F)cccc1S(=O)(=O)N(CC(F)(F)F)C1CC1. The molecule has 1 aliphatic rings. The van der Waals surface area contributed by atoms with Crippen LogP contribution in [0.3, 0.4) is 0 Å². The molecule has 2 rings (SSSR count). The predicted octanol–water partition coefficient (Wildman–Crippen LogP) is 2.41. The molecular formula is C12H10F4N2O2S. The summed E-state index contributed by atoms with van der Waals surface area (Å²) in [6, 6.07) is 3.48. The topological polar surface area (TPSA) is 61.2 Å². The molecule has 0 amide bonds. The average Bonchev–Trinajstić information content (AvgIpc) is 3.18. The Morgan fingerprint density at radius 3 is 2.43 bits per heavy atom. The molecule has 0 heterocycles. The lowest BCUT2D eigenvalue weighted by Gasteiger charge is -2.23. The van der Waals surface area contributed by atoms with Crippen LogP contribution in [0.1, 0.15) is 18.4 Å². The number of alkyl halides is 3. The number of hydrogen-bond acceptors (Lipinski definition) is 3. The van der Waals surface area contributed by atoms with Crippen LogP contribution < -0.4 is 0 Å². The molecule has 0 N–H and O–H groups in total. The fourth-order valence-electron chi connectivity index (χ4n) is 1.90. The highest BCUT2D eigenvalue weighted by Crippen LogP contribution is 2.35. The number of sulfonamides is 1. The maximum atomic E-state index is 13.5. The van der Waals surface area contributed by atoms with E-state index in [9.17, 15) is 26.0 Å². The smallest absolute Gasteiger partial charge is 0.207 e. The Labute approximate surface area is 118 Å². The van der Waals surface area contributed by atoms with E-state index in [0.29, 0.717) is 17.1 Å². The van der Waals surface area contributed by atoms with Gasteiger partial charge in [0.05, 0.1) is 0 Å². The summed E-state index contributed by atoms with van der Waals surface area (Å²) in [5.74, 6) is -1.08. The summed E-state index contributed by atoms with van der Waals surface area (Å²) >= 11 is 0. The zero-order valence-electron chi connectivity index (χ0n) is 10.6. The van der Waals surface area contributed by atoms with Crippen LogP contribution in [0, 0.1) is 17.1 Å². The monoisotopic (exact) mass is 322 g/mol. The number of rotatable bonds is 4.